The van der Waals surface area contributed by atoms with Gasteiger partial charge in [-0.25, -0.2) is 0 Å². The molecule has 0 saturated carbocycles. The Kier molecular flexibility index (Phi) is 3.51. The molecular weight excluding hydrogens is 246 g/mol. The van der Waals surface area contributed by atoms with Crippen LogP contribution in [0.25, 0.3) is 0 Å². The Morgan fingerprint density at radius 1 is 1.59 bits per heavy atom. The van der Waals surface area contributed by atoms with Crippen LogP contribution in [-0.2, 0) is 18.8 Å². The van der Waals surface area contributed by atoms with Crippen LogP contribution in [0.15, 0.2) is 11.9 Å². The molecule has 8 heteroatoms. The molecule has 0 aliphatic carbocycles. The van der Waals surface area contributed by atoms with Crippen LogP contribution in [0.5, 0.6) is 0 Å². The van der Waals surface area contributed by atoms with E-state index in [1.807, 2.05) is 0 Å². The molecule has 2 heterocycles. The summed E-state index contributed by atoms with van der Waals surface area (Å²) in [5.41, 5.74) is -0.905. The van der Waals surface area contributed by atoms with Gasteiger partial charge >= 0.3 is 7.60 Å². The molecule has 6 nitrogen and oxygen atoms in total. The van der Waals surface area contributed by atoms with Gasteiger partial charge in [0.2, 0.25) is 0 Å². The average molecular weight is 260 g/mol. The smallest absolute Gasteiger partial charge is 0.348 e. The Balaban J connectivity index is 2.28. The second-order valence-electron chi connectivity index (χ2n) is 4.18. The van der Waals surface area contributed by atoms with Gasteiger partial charge in [0.25, 0.3) is 0 Å². The predicted octanol–water partition coefficient (Wildman–Crippen LogP) is -0.255. The van der Waals surface area contributed by atoms with Gasteiger partial charge in [0.15, 0.2) is 0 Å². The molecule has 0 aromatic rings. The van der Waals surface area contributed by atoms with Crippen LogP contribution in [0.1, 0.15) is 6.42 Å². The first-order chi connectivity index (χ1) is 7.88. The number of ether oxygens (including phenoxy) is 3. The molecule has 0 aromatic carbocycles. The normalized spacial score (nSPS) is 42.2. The van der Waals surface area contributed by atoms with Crippen LogP contribution < -0.4 is 0 Å². The Morgan fingerprint density at radius 3 is 2.88 bits per heavy atom. The lowest BCUT2D eigenvalue weighted by molar-refractivity contribution is -0.110. The molecule has 2 radical (unpaired) electrons. The van der Waals surface area contributed by atoms with Gasteiger partial charge in [0.05, 0.1) is 6.61 Å². The first kappa shape index (κ1) is 13.3. The average Bonchev–Trinajstić information content (AvgIpc) is 2.38. The summed E-state index contributed by atoms with van der Waals surface area (Å²) < 4.78 is 27.2. The lowest BCUT2D eigenvalue weighted by Gasteiger charge is -2.36. The lowest BCUT2D eigenvalue weighted by atomic mass is 9.85. The van der Waals surface area contributed by atoms with Gasteiger partial charge in [0, 0.05) is 25.4 Å². The van der Waals surface area contributed by atoms with Crippen molar-refractivity contribution in [2.24, 2.45) is 0 Å². The first-order valence-corrected chi connectivity index (χ1v) is 6.89. The third kappa shape index (κ3) is 2.50. The molecule has 2 aliphatic rings. The van der Waals surface area contributed by atoms with Crippen molar-refractivity contribution in [3.63, 3.8) is 0 Å². The summed E-state index contributed by atoms with van der Waals surface area (Å²) >= 11 is 0. The van der Waals surface area contributed by atoms with Crippen molar-refractivity contribution in [1.82, 2.24) is 0 Å². The molecule has 2 fully saturated rings. The van der Waals surface area contributed by atoms with E-state index in [9.17, 15) is 4.57 Å². The van der Waals surface area contributed by atoms with Gasteiger partial charge in [-0.3, -0.25) is 4.57 Å². The molecule has 4 atom stereocenters. The van der Waals surface area contributed by atoms with Crippen molar-refractivity contribution in [3.8, 4) is 0 Å². The molecule has 0 amide bonds. The molecule has 2 aliphatic heterocycles. The maximum absolute atomic E-state index is 10.9. The highest BCUT2D eigenvalue weighted by Gasteiger charge is 2.55. The van der Waals surface area contributed by atoms with Crippen molar-refractivity contribution in [1.29, 1.82) is 0 Å². The molecule has 2 saturated heterocycles. The van der Waals surface area contributed by atoms with E-state index < -0.39 is 31.4 Å². The van der Waals surface area contributed by atoms with Crippen LogP contribution >= 0.6 is 7.60 Å². The standard InChI is InChI=1S/C9H14BO6P/c1-14-7-6-8(10)16-9(7,2-4-15-6)3-5-17(11,12)13/h3,5-8H,2,4H2,1H3,(H2,11,12,13)/b5-3+/t6?,7?,8-,9-/m1/s1. The summed E-state index contributed by atoms with van der Waals surface area (Å²) in [5, 5.41) is 0. The topological polar surface area (TPSA) is 85.2 Å². The van der Waals surface area contributed by atoms with E-state index in [2.05, 4.69) is 0 Å². The van der Waals surface area contributed by atoms with Crippen molar-refractivity contribution < 1.29 is 28.6 Å². The highest BCUT2D eigenvalue weighted by atomic mass is 31.2. The third-order valence-corrected chi connectivity index (χ3v) is 3.60. The van der Waals surface area contributed by atoms with Crippen LogP contribution in [0.4, 0.5) is 0 Å². The molecule has 2 rings (SSSR count). The zero-order chi connectivity index (χ0) is 12.7. The third-order valence-electron chi connectivity index (χ3n) is 3.07. The van der Waals surface area contributed by atoms with Gasteiger partial charge in [-0.2, -0.15) is 0 Å². The van der Waals surface area contributed by atoms with E-state index in [0.717, 1.165) is 5.82 Å². The summed E-state index contributed by atoms with van der Waals surface area (Å²) in [4.78, 5) is 17.7. The van der Waals surface area contributed by atoms with Gasteiger partial charge < -0.3 is 24.0 Å². The fourth-order valence-electron chi connectivity index (χ4n) is 2.35. The molecule has 0 spiro atoms. The fourth-order valence-corrected chi connectivity index (χ4v) is 2.80. The van der Waals surface area contributed by atoms with Crippen molar-refractivity contribution >= 4 is 15.4 Å². The number of methoxy groups -OCH3 is 1. The van der Waals surface area contributed by atoms with Crippen molar-refractivity contribution in [2.75, 3.05) is 13.7 Å². The highest BCUT2D eigenvalue weighted by Crippen LogP contribution is 2.44. The highest BCUT2D eigenvalue weighted by molar-refractivity contribution is 7.55. The zero-order valence-corrected chi connectivity index (χ0v) is 10.2. The van der Waals surface area contributed by atoms with E-state index >= 15 is 0 Å². The number of rotatable bonds is 3. The summed E-state index contributed by atoms with van der Waals surface area (Å²) in [5.74, 6) is 0.833. The van der Waals surface area contributed by atoms with Gasteiger partial charge in [-0.15, -0.1) is 0 Å². The first-order valence-electron chi connectivity index (χ1n) is 5.21. The predicted molar refractivity (Wildman–Crippen MR) is 59.7 cm³/mol. The van der Waals surface area contributed by atoms with Crippen LogP contribution in [0, 0.1) is 0 Å². The molecule has 17 heavy (non-hydrogen) atoms. The maximum Gasteiger partial charge on any atom is 0.348 e. The maximum atomic E-state index is 10.9. The van der Waals surface area contributed by atoms with Gasteiger partial charge in [0.1, 0.15) is 25.7 Å². The summed E-state index contributed by atoms with van der Waals surface area (Å²) in [6.07, 6.45) is 0.945. The molecule has 2 N–H and O–H groups in total. The number of hydrogen-bond donors (Lipinski definition) is 2. The van der Waals surface area contributed by atoms with Crippen LogP contribution in [0.2, 0.25) is 0 Å². The quantitative estimate of drug-likeness (QED) is 0.537. The molecule has 94 valence electrons. The molecule has 2 unspecified atom stereocenters. The molecule has 2 bridgehead atoms. The summed E-state index contributed by atoms with van der Waals surface area (Å²) in [7, 11) is 3.03. The summed E-state index contributed by atoms with van der Waals surface area (Å²) in [6.45, 7) is 0.420. The van der Waals surface area contributed by atoms with Gasteiger partial charge in [-0.05, 0) is 6.08 Å². The Hall–Kier alpha value is -0.165. The van der Waals surface area contributed by atoms with E-state index in [-0.39, 0.29) is 0 Å². The van der Waals surface area contributed by atoms with E-state index in [4.69, 9.17) is 31.8 Å². The van der Waals surface area contributed by atoms with E-state index in [1.165, 1.54) is 13.2 Å². The second kappa shape index (κ2) is 4.50. The van der Waals surface area contributed by atoms with Crippen LogP contribution in [0.3, 0.4) is 0 Å². The van der Waals surface area contributed by atoms with Crippen LogP contribution in [-0.4, -0.2) is 55.2 Å². The number of fused-ring (bicyclic) bond motifs is 2. The Bertz CT molecular complexity index is 368. The monoisotopic (exact) mass is 260 g/mol. The lowest BCUT2D eigenvalue weighted by Crippen LogP contribution is -2.49. The minimum atomic E-state index is -4.22. The minimum absolute atomic E-state index is 0.407. The van der Waals surface area contributed by atoms with E-state index in [0.29, 0.717) is 13.0 Å². The Labute approximate surface area is 101 Å². The summed E-state index contributed by atoms with van der Waals surface area (Å²) in [6, 6.07) is -0.649. The fraction of sp³-hybridized carbons (Fsp3) is 0.778. The van der Waals surface area contributed by atoms with Gasteiger partial charge in [-0.1, -0.05) is 0 Å². The Morgan fingerprint density at radius 2 is 2.29 bits per heavy atom. The van der Waals surface area contributed by atoms with E-state index in [1.54, 1.807) is 0 Å². The SMILES string of the molecule is [B][C@@H]1O[C@@]2(/C=C/P(=O)(O)O)CCOC1C2OC. The minimum Gasteiger partial charge on any atom is -0.375 e. The van der Waals surface area contributed by atoms with Crippen molar-refractivity contribution in [2.45, 2.75) is 30.2 Å². The molecular formula is C9H14BO6P. The molecule has 0 aromatic heterocycles. The zero-order valence-electron chi connectivity index (χ0n) is 9.35. The largest absolute Gasteiger partial charge is 0.375 e. The van der Waals surface area contributed by atoms with Crippen molar-refractivity contribution in [3.05, 3.63) is 11.9 Å². The number of hydrogen-bond acceptors (Lipinski definition) is 4. The second-order valence-corrected chi connectivity index (χ2v) is 5.66.